The van der Waals surface area contributed by atoms with Gasteiger partial charge in [-0.1, -0.05) is 36.4 Å². The molecule has 3 aromatic rings. The van der Waals surface area contributed by atoms with E-state index in [1.807, 2.05) is 36.0 Å². The molecule has 2 aliphatic rings. The van der Waals surface area contributed by atoms with Crippen LogP contribution in [-0.2, 0) is 30.7 Å². The van der Waals surface area contributed by atoms with Gasteiger partial charge < -0.3 is 9.47 Å². The van der Waals surface area contributed by atoms with Crippen LogP contribution in [0.1, 0.15) is 47.7 Å². The molecule has 1 saturated carbocycles. The Balaban J connectivity index is 1.47. The van der Waals surface area contributed by atoms with Gasteiger partial charge in [0.15, 0.2) is 0 Å². The lowest BCUT2D eigenvalue weighted by atomic mass is 9.88. The molecule has 4 nitrogen and oxygen atoms in total. The van der Waals surface area contributed by atoms with Crippen LogP contribution in [0.2, 0.25) is 0 Å². The number of carbonyl (C=O) groups is 1. The summed E-state index contributed by atoms with van der Waals surface area (Å²) >= 11 is 0. The summed E-state index contributed by atoms with van der Waals surface area (Å²) in [5.74, 6) is -1.90. The normalized spacial score (nSPS) is 21.4. The van der Waals surface area contributed by atoms with Crippen molar-refractivity contribution < 1.29 is 13.6 Å². The van der Waals surface area contributed by atoms with Crippen molar-refractivity contribution in [1.82, 2.24) is 9.55 Å². The molecule has 31 heavy (non-hydrogen) atoms. The first-order valence-corrected chi connectivity index (χ1v) is 10.8. The number of benzene rings is 2. The second kappa shape index (κ2) is 7.59. The standard InChI is InChI=1S/C25H25F2N3O/c1-29-13-12-28-23(29)16-30(24(31)21-15-20(21)17-6-3-2-4-7-17)19-9-10-22-18(14-19)8-5-11-25(22,26)27/h2-4,6-7,9-10,12-14,20-21H,5,8,11,15-16H2,1H3/t20-,21+/m1/s1. The van der Waals surface area contributed by atoms with Crippen molar-refractivity contribution in [2.75, 3.05) is 4.90 Å². The Morgan fingerprint density at radius 2 is 2.03 bits per heavy atom. The number of hydrogen-bond acceptors (Lipinski definition) is 2. The van der Waals surface area contributed by atoms with E-state index in [0.29, 0.717) is 30.6 Å². The summed E-state index contributed by atoms with van der Waals surface area (Å²) in [6, 6.07) is 15.0. The van der Waals surface area contributed by atoms with Crippen molar-refractivity contribution in [1.29, 1.82) is 0 Å². The topological polar surface area (TPSA) is 38.1 Å². The molecular weight excluding hydrogens is 396 g/mol. The highest BCUT2D eigenvalue weighted by atomic mass is 19.3. The molecule has 0 radical (unpaired) electrons. The lowest BCUT2D eigenvalue weighted by Crippen LogP contribution is -2.33. The Morgan fingerprint density at radius 1 is 1.23 bits per heavy atom. The van der Waals surface area contributed by atoms with Gasteiger partial charge in [0.2, 0.25) is 5.91 Å². The zero-order valence-electron chi connectivity index (χ0n) is 17.5. The Kier molecular flexibility index (Phi) is 4.88. The summed E-state index contributed by atoms with van der Waals surface area (Å²) in [7, 11) is 1.89. The van der Waals surface area contributed by atoms with Crippen molar-refractivity contribution in [2.45, 2.75) is 44.1 Å². The van der Waals surface area contributed by atoms with Crippen molar-refractivity contribution in [3.63, 3.8) is 0 Å². The highest BCUT2D eigenvalue weighted by molar-refractivity contribution is 5.97. The third-order valence-corrected chi connectivity index (χ3v) is 6.55. The van der Waals surface area contributed by atoms with E-state index < -0.39 is 5.92 Å². The van der Waals surface area contributed by atoms with Crippen LogP contribution >= 0.6 is 0 Å². The van der Waals surface area contributed by atoms with E-state index in [-0.39, 0.29) is 29.7 Å². The molecule has 0 N–H and O–H groups in total. The van der Waals surface area contributed by atoms with E-state index in [0.717, 1.165) is 12.2 Å². The molecule has 1 fully saturated rings. The fourth-order valence-electron chi connectivity index (χ4n) is 4.67. The first-order chi connectivity index (χ1) is 14.9. The molecule has 0 aliphatic heterocycles. The molecule has 160 valence electrons. The minimum atomic E-state index is -2.80. The van der Waals surface area contributed by atoms with Gasteiger partial charge in [0.1, 0.15) is 5.82 Å². The first-order valence-electron chi connectivity index (χ1n) is 10.8. The monoisotopic (exact) mass is 421 g/mol. The number of halogens is 2. The van der Waals surface area contributed by atoms with Gasteiger partial charge in [0, 0.05) is 43.0 Å². The van der Waals surface area contributed by atoms with Gasteiger partial charge in [-0.15, -0.1) is 0 Å². The largest absolute Gasteiger partial charge is 0.337 e. The number of anilines is 1. The number of fused-ring (bicyclic) bond motifs is 1. The van der Waals surface area contributed by atoms with Gasteiger partial charge in [0.25, 0.3) is 5.92 Å². The molecule has 1 aromatic heterocycles. The van der Waals surface area contributed by atoms with E-state index in [1.54, 1.807) is 23.2 Å². The number of alkyl halides is 2. The lowest BCUT2D eigenvalue weighted by Gasteiger charge is -2.28. The molecule has 6 heteroatoms. The molecule has 2 aliphatic carbocycles. The predicted octanol–water partition coefficient (Wildman–Crippen LogP) is 5.19. The number of rotatable bonds is 5. The van der Waals surface area contributed by atoms with Crippen LogP contribution in [-0.4, -0.2) is 15.5 Å². The van der Waals surface area contributed by atoms with Gasteiger partial charge in [-0.25, -0.2) is 13.8 Å². The van der Waals surface area contributed by atoms with Crippen molar-refractivity contribution in [3.05, 3.63) is 83.4 Å². The molecule has 2 aromatic carbocycles. The average molecular weight is 421 g/mol. The molecule has 2 atom stereocenters. The first kappa shape index (κ1) is 19.9. The Hall–Kier alpha value is -3.02. The second-order valence-corrected chi connectivity index (χ2v) is 8.64. The number of carbonyl (C=O) groups excluding carboxylic acids is 1. The number of hydrogen-bond donors (Lipinski definition) is 0. The number of amides is 1. The molecule has 0 bridgehead atoms. The quantitative estimate of drug-likeness (QED) is 0.569. The molecule has 0 saturated heterocycles. The molecule has 0 spiro atoms. The highest BCUT2D eigenvalue weighted by Gasteiger charge is 2.46. The summed E-state index contributed by atoms with van der Waals surface area (Å²) in [6.07, 6.45) is 5.30. The summed E-state index contributed by atoms with van der Waals surface area (Å²) in [5.41, 5.74) is 2.58. The number of imidazole rings is 1. The Labute approximate surface area is 180 Å². The number of aromatic nitrogens is 2. The molecule has 0 unspecified atom stereocenters. The Morgan fingerprint density at radius 3 is 2.77 bits per heavy atom. The molecule has 1 amide bonds. The highest BCUT2D eigenvalue weighted by Crippen LogP contribution is 2.49. The SMILES string of the molecule is Cn1ccnc1CN(C(=O)[C@H]1C[C@@H]1c1ccccc1)c1ccc2c(c1)CCCC2(F)F. The van der Waals surface area contributed by atoms with Crippen LogP contribution in [0.15, 0.2) is 60.9 Å². The zero-order valence-corrected chi connectivity index (χ0v) is 17.5. The van der Waals surface area contributed by atoms with E-state index in [4.69, 9.17) is 0 Å². The second-order valence-electron chi connectivity index (χ2n) is 8.64. The summed E-state index contributed by atoms with van der Waals surface area (Å²) < 4.78 is 30.5. The van der Waals surface area contributed by atoms with Crippen LogP contribution in [0.4, 0.5) is 14.5 Å². The van der Waals surface area contributed by atoms with Crippen LogP contribution in [0.3, 0.4) is 0 Å². The zero-order chi connectivity index (χ0) is 21.6. The van der Waals surface area contributed by atoms with Gasteiger partial charge in [-0.2, -0.15) is 0 Å². The van der Waals surface area contributed by atoms with Gasteiger partial charge >= 0.3 is 0 Å². The maximum atomic E-state index is 14.3. The molecule has 1 heterocycles. The van der Waals surface area contributed by atoms with Crippen molar-refractivity contribution in [3.8, 4) is 0 Å². The van der Waals surface area contributed by atoms with Crippen LogP contribution < -0.4 is 4.90 Å². The van der Waals surface area contributed by atoms with E-state index in [2.05, 4.69) is 17.1 Å². The van der Waals surface area contributed by atoms with Gasteiger partial charge in [0.05, 0.1) is 6.54 Å². The summed E-state index contributed by atoms with van der Waals surface area (Å²) in [4.78, 5) is 19.7. The maximum absolute atomic E-state index is 14.3. The molecular formula is C25H25F2N3O. The number of aryl methyl sites for hydroxylation is 2. The summed E-state index contributed by atoms with van der Waals surface area (Å²) in [6.45, 7) is 0.315. The van der Waals surface area contributed by atoms with Gasteiger partial charge in [-0.3, -0.25) is 4.79 Å². The van der Waals surface area contributed by atoms with Crippen molar-refractivity contribution >= 4 is 11.6 Å². The van der Waals surface area contributed by atoms with Crippen LogP contribution in [0.5, 0.6) is 0 Å². The van der Waals surface area contributed by atoms with Crippen molar-refractivity contribution in [2.24, 2.45) is 13.0 Å². The Bertz CT molecular complexity index is 1110. The van der Waals surface area contributed by atoms with E-state index in [9.17, 15) is 13.6 Å². The summed E-state index contributed by atoms with van der Waals surface area (Å²) in [5, 5.41) is 0. The minimum absolute atomic E-state index is 0.0272. The lowest BCUT2D eigenvalue weighted by molar-refractivity contribution is -0.120. The average Bonchev–Trinajstić information content (AvgIpc) is 3.47. The fourth-order valence-corrected chi connectivity index (χ4v) is 4.67. The third-order valence-electron chi connectivity index (χ3n) is 6.55. The molecule has 5 rings (SSSR count). The predicted molar refractivity (Wildman–Crippen MR) is 115 cm³/mol. The minimum Gasteiger partial charge on any atom is -0.337 e. The van der Waals surface area contributed by atoms with E-state index in [1.165, 1.54) is 11.6 Å². The van der Waals surface area contributed by atoms with Crippen LogP contribution in [0, 0.1) is 5.92 Å². The smallest absolute Gasteiger partial charge is 0.273 e. The van der Waals surface area contributed by atoms with Gasteiger partial charge in [-0.05, 0) is 48.4 Å². The third kappa shape index (κ3) is 3.75. The maximum Gasteiger partial charge on any atom is 0.273 e. The van der Waals surface area contributed by atoms with Crippen LogP contribution in [0.25, 0.3) is 0 Å². The fraction of sp³-hybridized carbons (Fsp3) is 0.360. The number of nitrogens with zero attached hydrogens (tertiary/aromatic N) is 3. The van der Waals surface area contributed by atoms with E-state index >= 15 is 0 Å².